The maximum absolute atomic E-state index is 13.0. The summed E-state index contributed by atoms with van der Waals surface area (Å²) in [6.07, 6.45) is 0. The van der Waals surface area contributed by atoms with Crippen LogP contribution in [0.4, 0.5) is 0 Å². The van der Waals surface area contributed by atoms with Crippen molar-refractivity contribution in [3.8, 4) is 23.0 Å². The first kappa shape index (κ1) is 53.3. The summed E-state index contributed by atoms with van der Waals surface area (Å²) in [5, 5.41) is 60.2. The second kappa shape index (κ2) is 26.8. The second-order valence-corrected chi connectivity index (χ2v) is 16.1. The summed E-state index contributed by atoms with van der Waals surface area (Å²) < 4.78 is 78.0. The molecular weight excluding hydrogens is 925 g/mol. The van der Waals surface area contributed by atoms with Gasteiger partial charge < -0.3 is 68.6 Å². The highest BCUT2D eigenvalue weighted by molar-refractivity contribution is 7.86. The molecule has 1 N–H and O–H groups in total. The van der Waals surface area contributed by atoms with Crippen molar-refractivity contribution in [1.29, 1.82) is 0 Å². The Kier molecular flexibility index (Phi) is 20.7. The summed E-state index contributed by atoms with van der Waals surface area (Å²) in [7, 11) is 2.39. The lowest BCUT2D eigenvalue weighted by molar-refractivity contribution is -0.591. The van der Waals surface area contributed by atoms with E-state index >= 15 is 0 Å². The first-order chi connectivity index (χ1) is 33.4. The third-order valence-corrected chi connectivity index (χ3v) is 11.2. The van der Waals surface area contributed by atoms with E-state index in [-0.39, 0.29) is 74.6 Å². The van der Waals surface area contributed by atoms with E-state index in [9.17, 15) is 34.4 Å². The third-order valence-electron chi connectivity index (χ3n) is 9.92. The van der Waals surface area contributed by atoms with Crippen LogP contribution in [0, 0.1) is 27.8 Å². The predicted octanol–water partition coefficient (Wildman–Crippen LogP) is 3.68. The molecule has 0 aliphatic carbocycles. The number of nitrogens with zero attached hydrogens (tertiary/aromatic N) is 4. The van der Waals surface area contributed by atoms with Crippen LogP contribution in [0.3, 0.4) is 0 Å². The Morgan fingerprint density at radius 3 is 1.26 bits per heavy atom. The van der Waals surface area contributed by atoms with Crippen molar-refractivity contribution in [3.63, 3.8) is 0 Å². The van der Waals surface area contributed by atoms with Crippen molar-refractivity contribution >= 4 is 54.3 Å². The van der Waals surface area contributed by atoms with Gasteiger partial charge in [0, 0.05) is 38.5 Å². The number of aryl methyl sites for hydroxylation is 1. The third kappa shape index (κ3) is 14.0. The topological polar surface area (TPSA) is 254 Å². The van der Waals surface area contributed by atoms with Crippen LogP contribution in [-0.2, 0) is 42.7 Å². The van der Waals surface area contributed by atoms with Gasteiger partial charge in [-0.1, -0.05) is 42.0 Å². The van der Waals surface area contributed by atoms with Gasteiger partial charge in [-0.3, -0.25) is 4.18 Å². The van der Waals surface area contributed by atoms with E-state index < -0.39 is 10.1 Å². The summed E-state index contributed by atoms with van der Waals surface area (Å²) >= 11 is 0. The number of para-hydroxylation sites is 4. The number of hydrogen-bond donors (Lipinski definition) is 1. The number of hydrogen-bond acceptors (Lipinski definition) is 17. The average molecular weight is 981 g/mol. The predicted molar refractivity (Wildman–Crippen MR) is 250 cm³/mol. The highest BCUT2D eigenvalue weighted by Crippen LogP contribution is 2.27. The molecule has 0 aliphatic rings. The fraction of sp³-hybridized carbons (Fsp3) is 0.362. The normalized spacial score (nSPS) is 11.3. The molecule has 0 aliphatic heterocycles. The maximum Gasteiger partial charge on any atom is 0.332 e. The van der Waals surface area contributed by atoms with Gasteiger partial charge in [0.2, 0.25) is 0 Å². The molecule has 0 saturated carbocycles. The minimum Gasteiger partial charge on any atom is -0.617 e. The lowest BCUT2D eigenvalue weighted by Gasteiger charge is -2.12. The Morgan fingerprint density at radius 1 is 0.449 bits per heavy atom. The van der Waals surface area contributed by atoms with Crippen molar-refractivity contribution < 1.29 is 79.3 Å². The fourth-order valence-corrected chi connectivity index (χ4v) is 7.46. The Balaban J connectivity index is 0.000000199. The molecule has 0 atom stereocenters. The van der Waals surface area contributed by atoms with Crippen LogP contribution in [0.2, 0.25) is 0 Å². The molecule has 7 aromatic rings. The second-order valence-electron chi connectivity index (χ2n) is 14.5. The van der Waals surface area contributed by atoms with E-state index in [1.165, 1.54) is 50.6 Å². The zero-order chi connectivity index (χ0) is 49.8. The van der Waals surface area contributed by atoms with Crippen LogP contribution < -0.4 is 33.1 Å². The highest BCUT2D eigenvalue weighted by atomic mass is 32.2. The van der Waals surface area contributed by atoms with Gasteiger partial charge in [0.25, 0.3) is 32.2 Å². The van der Waals surface area contributed by atoms with Crippen LogP contribution >= 0.6 is 0 Å². The number of methoxy groups -OCH3 is 4. The van der Waals surface area contributed by atoms with Crippen molar-refractivity contribution in [2.75, 3.05) is 108 Å². The summed E-state index contributed by atoms with van der Waals surface area (Å²) in [6, 6.07) is 25.3. The summed E-state index contributed by atoms with van der Waals surface area (Å²) in [5.41, 5.74) is 2.03. The van der Waals surface area contributed by atoms with Crippen LogP contribution in [-0.4, -0.2) is 121 Å². The van der Waals surface area contributed by atoms with Crippen molar-refractivity contribution in [2.24, 2.45) is 0 Å². The van der Waals surface area contributed by atoms with Gasteiger partial charge in [-0.2, -0.15) is 27.3 Å². The molecule has 22 heteroatoms. The van der Waals surface area contributed by atoms with E-state index in [1.807, 2.05) is 6.92 Å². The molecule has 0 spiro atoms. The molecular formula is C47H56N4O17S. The van der Waals surface area contributed by atoms with E-state index in [4.69, 9.17) is 46.8 Å². The molecule has 2 heterocycles. The van der Waals surface area contributed by atoms with Crippen LogP contribution in [0.25, 0.3) is 44.1 Å². The molecule has 0 fully saturated rings. The number of aromatic nitrogens is 4. The molecule has 0 bridgehead atoms. The van der Waals surface area contributed by atoms with Gasteiger partial charge in [-0.05, 0) is 43.3 Å². The summed E-state index contributed by atoms with van der Waals surface area (Å²) in [5.74, 6) is 0.715. The molecule has 0 saturated heterocycles. The Bertz CT molecular complexity index is 2850. The number of ether oxygens (including phenoxy) is 9. The lowest BCUT2D eigenvalue weighted by atomic mass is 10.2. The Morgan fingerprint density at radius 2 is 0.812 bits per heavy atom. The number of phenols is 1. The number of fused-ring (bicyclic) bond motifs is 4. The molecule has 21 nitrogen and oxygen atoms in total. The SMILES string of the molecule is COCCOCCOCCOS(=O)(=O)c1ccc(C)cc1.COCCOCCOCCOc1cccc2c1[n+]([O-])c1cccc(OC)c1[n+]2[O-].COc1cccc2c1[n+]([O-])c1cccc(O)c1[n+]2[O-]. The van der Waals surface area contributed by atoms with E-state index in [0.717, 1.165) is 5.56 Å². The average Bonchev–Trinajstić information content (AvgIpc) is 3.36. The molecule has 0 amide bonds. The van der Waals surface area contributed by atoms with Gasteiger partial charge in [0.1, 0.15) is 6.61 Å². The Labute approximate surface area is 398 Å². The molecule has 7 rings (SSSR count). The van der Waals surface area contributed by atoms with E-state index in [1.54, 1.807) is 74.9 Å². The van der Waals surface area contributed by atoms with Gasteiger partial charge in [-0.25, -0.2) is 0 Å². The molecule has 5 aromatic carbocycles. The zero-order valence-corrected chi connectivity index (χ0v) is 39.7. The van der Waals surface area contributed by atoms with E-state index in [0.29, 0.717) is 95.6 Å². The smallest absolute Gasteiger partial charge is 0.332 e. The summed E-state index contributed by atoms with van der Waals surface area (Å²) in [4.78, 5) is 0.149. The molecule has 372 valence electrons. The lowest BCUT2D eigenvalue weighted by Crippen LogP contribution is -2.39. The van der Waals surface area contributed by atoms with Crippen molar-refractivity contribution in [2.45, 2.75) is 11.8 Å². The number of aromatic hydroxyl groups is 1. The van der Waals surface area contributed by atoms with Gasteiger partial charge in [-0.15, -0.1) is 0 Å². The number of benzene rings is 5. The molecule has 0 unspecified atom stereocenters. The van der Waals surface area contributed by atoms with Crippen molar-refractivity contribution in [3.05, 3.63) is 123 Å². The first-order valence-electron chi connectivity index (χ1n) is 21.5. The van der Waals surface area contributed by atoms with Gasteiger partial charge in [0.15, 0.2) is 23.0 Å². The fourth-order valence-electron chi connectivity index (χ4n) is 6.57. The first-order valence-corrected chi connectivity index (χ1v) is 22.9. The quantitative estimate of drug-likeness (QED) is 0.0315. The van der Waals surface area contributed by atoms with Crippen molar-refractivity contribution in [1.82, 2.24) is 0 Å². The molecule has 2 aromatic heterocycles. The standard InChI is InChI=1S/C20H24N2O7.C14H22O6S.C13H10N2O4/c1-25-9-10-27-11-12-28-13-14-29-18-8-4-6-16-20(18)22(24)15-5-3-7-17(26-2)19(15)21(16)23;1-13-3-5-14(6-4-13)21(15,16)20-12-11-19-10-9-18-8-7-17-2;1-19-11-7-3-5-9-13(11)15(18)8-4-2-6-10(16)12(8)14(9)17/h3-8H,9-14H2,1-2H3;3-6H,7-12H2,1-2H3;2-7,16H,1H3. The number of rotatable bonds is 23. The summed E-state index contributed by atoms with van der Waals surface area (Å²) in [6.45, 7) is 6.43. The van der Waals surface area contributed by atoms with E-state index in [2.05, 4.69) is 0 Å². The van der Waals surface area contributed by atoms with Crippen LogP contribution in [0.5, 0.6) is 23.0 Å². The zero-order valence-electron chi connectivity index (χ0n) is 38.9. The van der Waals surface area contributed by atoms with Crippen LogP contribution in [0.1, 0.15) is 5.56 Å². The van der Waals surface area contributed by atoms with Crippen LogP contribution in [0.15, 0.2) is 102 Å². The highest BCUT2D eigenvalue weighted by Gasteiger charge is 2.28. The minimum absolute atomic E-state index is 0.0196. The molecule has 0 radical (unpaired) electrons. The molecule has 69 heavy (non-hydrogen) atoms. The maximum atomic E-state index is 13.0. The van der Waals surface area contributed by atoms with Gasteiger partial charge >= 0.3 is 22.1 Å². The largest absolute Gasteiger partial charge is 0.617 e. The minimum atomic E-state index is -3.71. The Hall–Kier alpha value is -6.63. The van der Waals surface area contributed by atoms with Gasteiger partial charge in [0.05, 0.1) is 91.8 Å². The number of phenolic OH excluding ortho intramolecular Hbond substituents is 1. The monoisotopic (exact) mass is 980 g/mol.